The molecule has 0 saturated heterocycles. The van der Waals surface area contributed by atoms with Crippen LogP contribution >= 0.6 is 23.2 Å². The highest BCUT2D eigenvalue weighted by Gasteiger charge is 2.35. The Hall–Kier alpha value is -1.24. The Bertz CT molecular complexity index is 468. The lowest BCUT2D eigenvalue weighted by atomic mass is 9.80. The minimum Gasteiger partial charge on any atom is -0.481 e. The standard InChI is InChI=1S/C11H9Cl2NO2/c1-11(4-5-14,10(15)16)7-2-3-8(12)9(13)6-7/h2-3,6H,4H2,1H3,(H,15,16). The number of carbonyl (C=O) groups is 1. The van der Waals surface area contributed by atoms with Crippen LogP contribution in [0.4, 0.5) is 0 Å². The third kappa shape index (κ3) is 2.29. The first-order valence-corrected chi connectivity index (χ1v) is 5.23. The Labute approximate surface area is 103 Å². The van der Waals surface area contributed by atoms with Crippen LogP contribution in [0.2, 0.25) is 10.0 Å². The Morgan fingerprint density at radius 3 is 2.56 bits per heavy atom. The van der Waals surface area contributed by atoms with E-state index >= 15 is 0 Å². The number of nitrogens with zero attached hydrogens (tertiary/aromatic N) is 1. The third-order valence-corrected chi connectivity index (χ3v) is 3.20. The van der Waals surface area contributed by atoms with E-state index in [4.69, 9.17) is 33.6 Å². The molecule has 0 aliphatic rings. The van der Waals surface area contributed by atoms with Gasteiger partial charge in [0.25, 0.3) is 0 Å². The minimum atomic E-state index is -1.26. The molecule has 0 bridgehead atoms. The van der Waals surface area contributed by atoms with Gasteiger partial charge in [0.1, 0.15) is 5.41 Å². The molecule has 1 aromatic carbocycles. The second kappa shape index (κ2) is 4.73. The zero-order valence-corrected chi connectivity index (χ0v) is 10.0. The number of nitriles is 1. The fraction of sp³-hybridized carbons (Fsp3) is 0.273. The number of benzene rings is 1. The van der Waals surface area contributed by atoms with Crippen molar-refractivity contribution < 1.29 is 9.90 Å². The van der Waals surface area contributed by atoms with E-state index in [0.29, 0.717) is 10.6 Å². The van der Waals surface area contributed by atoms with Gasteiger partial charge in [-0.05, 0) is 24.6 Å². The molecule has 0 spiro atoms. The van der Waals surface area contributed by atoms with E-state index in [2.05, 4.69) is 0 Å². The van der Waals surface area contributed by atoms with Crippen LogP contribution in [0, 0.1) is 11.3 Å². The predicted molar refractivity (Wildman–Crippen MR) is 61.7 cm³/mol. The van der Waals surface area contributed by atoms with E-state index in [9.17, 15) is 4.79 Å². The van der Waals surface area contributed by atoms with Gasteiger partial charge in [-0.3, -0.25) is 4.79 Å². The van der Waals surface area contributed by atoms with Crippen LogP contribution in [-0.4, -0.2) is 11.1 Å². The van der Waals surface area contributed by atoms with Crippen LogP contribution in [0.3, 0.4) is 0 Å². The smallest absolute Gasteiger partial charge is 0.314 e. The number of carboxylic acid groups (broad SMARTS) is 1. The van der Waals surface area contributed by atoms with Crippen LogP contribution < -0.4 is 0 Å². The molecule has 1 aromatic rings. The van der Waals surface area contributed by atoms with Crippen molar-refractivity contribution in [1.29, 1.82) is 5.26 Å². The molecular weight excluding hydrogens is 249 g/mol. The number of hydrogen-bond acceptors (Lipinski definition) is 2. The molecule has 3 nitrogen and oxygen atoms in total. The van der Waals surface area contributed by atoms with Crippen LogP contribution in [-0.2, 0) is 10.2 Å². The molecule has 0 radical (unpaired) electrons. The average molecular weight is 258 g/mol. The van der Waals surface area contributed by atoms with Crippen molar-refractivity contribution in [1.82, 2.24) is 0 Å². The first-order chi connectivity index (χ1) is 7.41. The van der Waals surface area contributed by atoms with Crippen molar-refractivity contribution in [3.8, 4) is 6.07 Å². The van der Waals surface area contributed by atoms with Crippen LogP contribution in [0.25, 0.3) is 0 Å². The fourth-order valence-corrected chi connectivity index (χ4v) is 1.60. The molecule has 1 rings (SSSR count). The van der Waals surface area contributed by atoms with Crippen molar-refractivity contribution in [3.05, 3.63) is 33.8 Å². The molecule has 0 aromatic heterocycles. The van der Waals surface area contributed by atoms with Gasteiger partial charge in [-0.15, -0.1) is 0 Å². The van der Waals surface area contributed by atoms with Gasteiger partial charge in [0, 0.05) is 0 Å². The molecule has 0 aliphatic carbocycles. The molecule has 5 heteroatoms. The summed E-state index contributed by atoms with van der Waals surface area (Å²) in [6.07, 6.45) is -0.125. The average Bonchev–Trinajstić information content (AvgIpc) is 2.22. The molecular formula is C11H9Cl2NO2. The zero-order valence-electron chi connectivity index (χ0n) is 8.50. The normalized spacial score (nSPS) is 13.9. The molecule has 0 heterocycles. The second-order valence-corrected chi connectivity index (χ2v) is 4.42. The molecule has 0 amide bonds. The molecule has 0 saturated carbocycles. The summed E-state index contributed by atoms with van der Waals surface area (Å²) in [4.78, 5) is 11.2. The number of carboxylic acids is 1. The Morgan fingerprint density at radius 1 is 1.50 bits per heavy atom. The van der Waals surface area contributed by atoms with E-state index in [1.54, 1.807) is 6.07 Å². The van der Waals surface area contributed by atoms with Crippen LogP contribution in [0.15, 0.2) is 18.2 Å². The largest absolute Gasteiger partial charge is 0.481 e. The highest BCUT2D eigenvalue weighted by molar-refractivity contribution is 6.42. The summed E-state index contributed by atoms with van der Waals surface area (Å²) in [5.74, 6) is -1.06. The van der Waals surface area contributed by atoms with E-state index in [1.807, 2.05) is 6.07 Å². The first kappa shape index (κ1) is 12.8. The molecule has 0 aliphatic heterocycles. The Morgan fingerprint density at radius 2 is 2.12 bits per heavy atom. The van der Waals surface area contributed by atoms with Crippen molar-refractivity contribution in [2.45, 2.75) is 18.8 Å². The fourth-order valence-electron chi connectivity index (χ4n) is 1.30. The van der Waals surface area contributed by atoms with Crippen molar-refractivity contribution >= 4 is 29.2 Å². The predicted octanol–water partition coefficient (Wildman–Crippen LogP) is 3.25. The monoisotopic (exact) mass is 257 g/mol. The highest BCUT2D eigenvalue weighted by Crippen LogP contribution is 2.32. The van der Waals surface area contributed by atoms with Gasteiger partial charge in [0.05, 0.1) is 22.5 Å². The Balaban J connectivity index is 3.28. The number of hydrogen-bond donors (Lipinski definition) is 1. The maximum atomic E-state index is 11.2. The summed E-state index contributed by atoms with van der Waals surface area (Å²) in [5.41, 5.74) is -0.792. The summed E-state index contributed by atoms with van der Waals surface area (Å²) in [5, 5.41) is 18.5. The third-order valence-electron chi connectivity index (χ3n) is 2.46. The van der Waals surface area contributed by atoms with Gasteiger partial charge >= 0.3 is 5.97 Å². The Kier molecular flexibility index (Phi) is 3.79. The zero-order chi connectivity index (χ0) is 12.3. The lowest BCUT2D eigenvalue weighted by molar-refractivity contribution is -0.143. The van der Waals surface area contributed by atoms with E-state index in [0.717, 1.165) is 0 Å². The highest BCUT2D eigenvalue weighted by atomic mass is 35.5. The van der Waals surface area contributed by atoms with Gasteiger partial charge in [0.2, 0.25) is 0 Å². The van der Waals surface area contributed by atoms with Gasteiger partial charge < -0.3 is 5.11 Å². The molecule has 84 valence electrons. The van der Waals surface area contributed by atoms with Gasteiger partial charge in [-0.2, -0.15) is 5.26 Å². The van der Waals surface area contributed by atoms with Crippen molar-refractivity contribution in [2.75, 3.05) is 0 Å². The van der Waals surface area contributed by atoms with Gasteiger partial charge in [-0.25, -0.2) is 0 Å². The summed E-state index contributed by atoms with van der Waals surface area (Å²) in [6.45, 7) is 1.48. The first-order valence-electron chi connectivity index (χ1n) is 4.47. The lowest BCUT2D eigenvalue weighted by Crippen LogP contribution is -2.31. The summed E-state index contributed by atoms with van der Waals surface area (Å²) in [7, 11) is 0. The second-order valence-electron chi connectivity index (χ2n) is 3.60. The van der Waals surface area contributed by atoms with Crippen LogP contribution in [0.1, 0.15) is 18.9 Å². The maximum Gasteiger partial charge on any atom is 0.314 e. The van der Waals surface area contributed by atoms with Crippen molar-refractivity contribution in [2.24, 2.45) is 0 Å². The number of rotatable bonds is 3. The maximum absolute atomic E-state index is 11.2. The van der Waals surface area contributed by atoms with Crippen LogP contribution in [0.5, 0.6) is 0 Å². The summed E-state index contributed by atoms with van der Waals surface area (Å²) < 4.78 is 0. The van der Waals surface area contributed by atoms with Gasteiger partial charge in [-0.1, -0.05) is 29.3 Å². The van der Waals surface area contributed by atoms with Crippen molar-refractivity contribution in [3.63, 3.8) is 0 Å². The quantitative estimate of drug-likeness (QED) is 0.905. The molecule has 1 atom stereocenters. The SMILES string of the molecule is CC(CC#N)(C(=O)O)c1ccc(Cl)c(Cl)c1. The van der Waals surface area contributed by atoms with E-state index < -0.39 is 11.4 Å². The molecule has 1 unspecified atom stereocenters. The number of aliphatic carboxylic acids is 1. The molecule has 0 fully saturated rings. The van der Waals surface area contributed by atoms with Gasteiger partial charge in [0.15, 0.2) is 0 Å². The molecule has 16 heavy (non-hydrogen) atoms. The van der Waals surface area contributed by atoms with E-state index in [1.165, 1.54) is 19.1 Å². The van der Waals surface area contributed by atoms with E-state index in [-0.39, 0.29) is 11.4 Å². The minimum absolute atomic E-state index is 0.125. The summed E-state index contributed by atoms with van der Waals surface area (Å²) in [6, 6.07) is 6.44. The topological polar surface area (TPSA) is 61.1 Å². The number of halogens is 2. The summed E-state index contributed by atoms with van der Waals surface area (Å²) >= 11 is 11.6. The molecule has 1 N–H and O–H groups in total. The lowest BCUT2D eigenvalue weighted by Gasteiger charge is -2.22.